The zero-order valence-corrected chi connectivity index (χ0v) is 15.8. The summed E-state index contributed by atoms with van der Waals surface area (Å²) < 4.78 is 0. The number of carboxylic acid groups (broad SMARTS) is 1. The van der Waals surface area contributed by atoms with Crippen LogP contribution < -0.4 is 10.2 Å². The van der Waals surface area contributed by atoms with E-state index in [1.807, 2.05) is 11.0 Å². The molecule has 3 aromatic rings. The Balaban J connectivity index is 1.54. The number of fused-ring (bicyclic) bond motifs is 1. The molecule has 1 fully saturated rings. The number of aryl methyl sites for hydroxylation is 1. The van der Waals surface area contributed by atoms with Crippen LogP contribution in [0.1, 0.15) is 24.0 Å². The van der Waals surface area contributed by atoms with Gasteiger partial charge in [0.2, 0.25) is 5.95 Å². The Hall–Kier alpha value is -3.22. The molecule has 144 valence electrons. The van der Waals surface area contributed by atoms with Crippen molar-refractivity contribution < 1.29 is 9.90 Å². The number of nitrogens with one attached hydrogen (secondary N) is 1. The predicted molar refractivity (Wildman–Crippen MR) is 108 cm³/mol. The fraction of sp³-hybridized carbons (Fsp3) is 0.333. The molecule has 2 N–H and O–H groups in total. The zero-order chi connectivity index (χ0) is 19.5. The molecule has 0 saturated carbocycles. The first-order valence-electron chi connectivity index (χ1n) is 9.49. The molecule has 7 heteroatoms. The van der Waals surface area contributed by atoms with Crippen molar-refractivity contribution in [2.45, 2.75) is 26.3 Å². The van der Waals surface area contributed by atoms with E-state index in [9.17, 15) is 9.90 Å². The van der Waals surface area contributed by atoms with E-state index >= 15 is 0 Å². The quantitative estimate of drug-likeness (QED) is 0.705. The Bertz CT molecular complexity index is 990. The molecule has 0 radical (unpaired) electrons. The van der Waals surface area contributed by atoms with Crippen LogP contribution in [0.25, 0.3) is 10.9 Å². The predicted octanol–water partition coefficient (Wildman–Crippen LogP) is 3.25. The van der Waals surface area contributed by atoms with Crippen LogP contribution in [0, 0.1) is 12.8 Å². The lowest BCUT2D eigenvalue weighted by Gasteiger charge is -2.32. The van der Waals surface area contributed by atoms with E-state index in [0.717, 1.165) is 35.2 Å². The normalized spacial score (nSPS) is 16.9. The van der Waals surface area contributed by atoms with Gasteiger partial charge in [-0.05, 0) is 31.4 Å². The van der Waals surface area contributed by atoms with E-state index in [1.54, 1.807) is 12.4 Å². The Labute approximate surface area is 163 Å². The Morgan fingerprint density at radius 2 is 2.07 bits per heavy atom. The summed E-state index contributed by atoms with van der Waals surface area (Å²) in [6.45, 7) is 3.98. The maximum atomic E-state index is 11.4. The number of pyridine rings is 1. The van der Waals surface area contributed by atoms with Crippen LogP contribution in [-0.2, 0) is 11.3 Å². The summed E-state index contributed by atoms with van der Waals surface area (Å²) >= 11 is 0. The molecule has 1 atom stereocenters. The summed E-state index contributed by atoms with van der Waals surface area (Å²) in [5.74, 6) is 0.215. The van der Waals surface area contributed by atoms with Gasteiger partial charge < -0.3 is 15.3 Å². The number of aromatic nitrogens is 3. The lowest BCUT2D eigenvalue weighted by molar-refractivity contribution is -0.141. The van der Waals surface area contributed by atoms with E-state index in [0.29, 0.717) is 25.5 Å². The third-order valence-corrected chi connectivity index (χ3v) is 5.13. The first-order chi connectivity index (χ1) is 13.6. The second-order valence-corrected chi connectivity index (χ2v) is 7.22. The highest BCUT2D eigenvalue weighted by Crippen LogP contribution is 2.28. The van der Waals surface area contributed by atoms with Crippen molar-refractivity contribution in [3.8, 4) is 0 Å². The van der Waals surface area contributed by atoms with E-state index < -0.39 is 5.97 Å². The Morgan fingerprint density at radius 3 is 2.86 bits per heavy atom. The minimum atomic E-state index is -0.747. The van der Waals surface area contributed by atoms with Gasteiger partial charge in [0.05, 0.1) is 16.8 Å². The molecule has 0 amide bonds. The van der Waals surface area contributed by atoms with Crippen LogP contribution in [0.4, 0.5) is 11.8 Å². The van der Waals surface area contributed by atoms with Gasteiger partial charge in [0.15, 0.2) is 0 Å². The number of carbonyl (C=O) groups is 1. The average Bonchev–Trinajstić information content (AvgIpc) is 2.73. The maximum Gasteiger partial charge on any atom is 0.308 e. The highest BCUT2D eigenvalue weighted by molar-refractivity contribution is 5.89. The van der Waals surface area contributed by atoms with Crippen LogP contribution in [0.5, 0.6) is 0 Å². The fourth-order valence-corrected chi connectivity index (χ4v) is 3.54. The number of piperidine rings is 1. The standard InChI is InChI=1S/C21H23N5O2/c1-14-4-6-15(7-5-14)11-23-21-24-12-17-18(25-21)8-9-22-19(17)26-10-2-3-16(13-26)20(27)28/h4-9,12,16H,2-3,10-11,13H2,1H3,(H,27,28)(H,23,24,25). The van der Waals surface area contributed by atoms with Gasteiger partial charge in [-0.3, -0.25) is 4.79 Å². The van der Waals surface area contributed by atoms with E-state index in [1.165, 1.54) is 5.56 Å². The molecule has 0 bridgehead atoms. The summed E-state index contributed by atoms with van der Waals surface area (Å²) in [7, 11) is 0. The van der Waals surface area contributed by atoms with Crippen LogP contribution in [0.15, 0.2) is 42.7 Å². The number of anilines is 2. The van der Waals surface area contributed by atoms with Gasteiger partial charge in [-0.25, -0.2) is 15.0 Å². The van der Waals surface area contributed by atoms with Gasteiger partial charge in [-0.2, -0.15) is 0 Å². The van der Waals surface area contributed by atoms with Gasteiger partial charge in [0, 0.05) is 32.0 Å². The highest BCUT2D eigenvalue weighted by Gasteiger charge is 2.27. The maximum absolute atomic E-state index is 11.4. The van der Waals surface area contributed by atoms with Gasteiger partial charge in [-0.15, -0.1) is 0 Å². The lowest BCUT2D eigenvalue weighted by atomic mass is 9.98. The summed E-state index contributed by atoms with van der Waals surface area (Å²) in [5, 5.41) is 13.4. The van der Waals surface area contributed by atoms with E-state index in [4.69, 9.17) is 0 Å². The molecule has 1 saturated heterocycles. The average molecular weight is 377 g/mol. The summed E-state index contributed by atoms with van der Waals surface area (Å²) in [6.07, 6.45) is 5.04. The van der Waals surface area contributed by atoms with Crippen LogP contribution in [-0.4, -0.2) is 39.1 Å². The van der Waals surface area contributed by atoms with Crippen molar-refractivity contribution in [2.75, 3.05) is 23.3 Å². The second kappa shape index (κ2) is 7.80. The summed E-state index contributed by atoms with van der Waals surface area (Å²) in [4.78, 5) is 26.9. The van der Waals surface area contributed by atoms with E-state index in [2.05, 4.69) is 51.5 Å². The van der Waals surface area contributed by atoms with Crippen molar-refractivity contribution in [3.63, 3.8) is 0 Å². The SMILES string of the molecule is Cc1ccc(CNc2ncc3c(N4CCCC(C(=O)O)C4)nccc3n2)cc1. The number of rotatable bonds is 5. The van der Waals surface area contributed by atoms with Crippen LogP contribution in [0.2, 0.25) is 0 Å². The van der Waals surface area contributed by atoms with Gasteiger partial charge >= 0.3 is 5.97 Å². The molecule has 1 unspecified atom stereocenters. The second-order valence-electron chi connectivity index (χ2n) is 7.22. The third kappa shape index (κ3) is 3.88. The van der Waals surface area contributed by atoms with Crippen molar-refractivity contribution >= 4 is 28.6 Å². The van der Waals surface area contributed by atoms with Crippen molar-refractivity contribution in [3.05, 3.63) is 53.9 Å². The molecular formula is C21H23N5O2. The number of aliphatic carboxylic acids is 1. The summed E-state index contributed by atoms with van der Waals surface area (Å²) in [5.41, 5.74) is 3.19. The molecule has 2 aromatic heterocycles. The monoisotopic (exact) mass is 377 g/mol. The number of benzene rings is 1. The van der Waals surface area contributed by atoms with Crippen molar-refractivity contribution in [1.29, 1.82) is 0 Å². The van der Waals surface area contributed by atoms with E-state index in [-0.39, 0.29) is 5.92 Å². The topological polar surface area (TPSA) is 91.2 Å². The van der Waals surface area contributed by atoms with Gasteiger partial charge in [0.25, 0.3) is 0 Å². The lowest BCUT2D eigenvalue weighted by Crippen LogP contribution is -2.39. The molecule has 1 aromatic carbocycles. The van der Waals surface area contributed by atoms with Crippen molar-refractivity contribution in [1.82, 2.24) is 15.0 Å². The smallest absolute Gasteiger partial charge is 0.308 e. The number of hydrogen-bond donors (Lipinski definition) is 2. The molecule has 28 heavy (non-hydrogen) atoms. The molecular weight excluding hydrogens is 354 g/mol. The number of carboxylic acids is 1. The molecule has 1 aliphatic heterocycles. The number of hydrogen-bond acceptors (Lipinski definition) is 6. The van der Waals surface area contributed by atoms with Crippen LogP contribution >= 0.6 is 0 Å². The first-order valence-corrected chi connectivity index (χ1v) is 9.49. The minimum Gasteiger partial charge on any atom is -0.481 e. The Morgan fingerprint density at radius 1 is 1.25 bits per heavy atom. The molecule has 7 nitrogen and oxygen atoms in total. The fourth-order valence-electron chi connectivity index (χ4n) is 3.54. The highest BCUT2D eigenvalue weighted by atomic mass is 16.4. The third-order valence-electron chi connectivity index (χ3n) is 5.13. The first kappa shape index (κ1) is 18.2. The van der Waals surface area contributed by atoms with Crippen molar-refractivity contribution in [2.24, 2.45) is 5.92 Å². The molecule has 1 aliphatic rings. The largest absolute Gasteiger partial charge is 0.481 e. The molecule has 0 spiro atoms. The zero-order valence-electron chi connectivity index (χ0n) is 15.8. The molecule has 3 heterocycles. The van der Waals surface area contributed by atoms with Gasteiger partial charge in [0.1, 0.15) is 5.82 Å². The van der Waals surface area contributed by atoms with Gasteiger partial charge in [-0.1, -0.05) is 29.8 Å². The number of nitrogens with zero attached hydrogens (tertiary/aromatic N) is 4. The Kier molecular flexibility index (Phi) is 5.06. The summed E-state index contributed by atoms with van der Waals surface area (Å²) in [6, 6.07) is 10.2. The molecule has 0 aliphatic carbocycles. The van der Waals surface area contributed by atoms with Crippen LogP contribution in [0.3, 0.4) is 0 Å². The molecule has 4 rings (SSSR count). The minimum absolute atomic E-state index is 0.359.